The van der Waals surface area contributed by atoms with Gasteiger partial charge in [-0.1, -0.05) is 58.0 Å². The Morgan fingerprint density at radius 2 is 1.56 bits per heavy atom. The maximum Gasteiger partial charge on any atom is 0.311 e. The zero-order valence-electron chi connectivity index (χ0n) is 38.2. The molecule has 13 heteroatoms. The van der Waals surface area contributed by atoms with E-state index in [2.05, 4.69) is 29.3 Å². The summed E-state index contributed by atoms with van der Waals surface area (Å²) >= 11 is 0. The molecule has 0 aromatic heterocycles. The molecule has 0 spiro atoms. The third-order valence-electron chi connectivity index (χ3n) is 13.7. The van der Waals surface area contributed by atoms with Crippen molar-refractivity contribution in [3.63, 3.8) is 0 Å². The van der Waals surface area contributed by atoms with E-state index in [1.165, 1.54) is 5.56 Å². The van der Waals surface area contributed by atoms with Gasteiger partial charge in [-0.25, -0.2) is 0 Å². The van der Waals surface area contributed by atoms with E-state index in [4.69, 9.17) is 33.2 Å². The Balaban J connectivity index is 1.80. The van der Waals surface area contributed by atoms with Crippen LogP contribution in [-0.4, -0.2) is 140 Å². The first-order valence-corrected chi connectivity index (χ1v) is 22.1. The van der Waals surface area contributed by atoms with Gasteiger partial charge in [-0.05, 0) is 92.8 Å². The summed E-state index contributed by atoms with van der Waals surface area (Å²) in [4.78, 5) is 31.4. The minimum atomic E-state index is -1.13. The van der Waals surface area contributed by atoms with Gasteiger partial charge in [-0.3, -0.25) is 14.5 Å². The van der Waals surface area contributed by atoms with E-state index in [1.54, 1.807) is 35.1 Å². The molecule has 0 bridgehead atoms. The van der Waals surface area contributed by atoms with Crippen molar-refractivity contribution in [3.05, 3.63) is 35.9 Å². The van der Waals surface area contributed by atoms with Crippen LogP contribution in [0.25, 0.3) is 0 Å². The van der Waals surface area contributed by atoms with Crippen molar-refractivity contribution in [1.82, 2.24) is 10.2 Å². The largest absolute Gasteiger partial charge is 0.460 e. The molecule has 3 aliphatic rings. The molecule has 3 N–H and O–H groups in total. The molecule has 338 valence electrons. The molecule has 59 heavy (non-hydrogen) atoms. The molecule has 4 unspecified atom stereocenters. The summed E-state index contributed by atoms with van der Waals surface area (Å²) in [7, 11) is 4.95. The number of aliphatic hydroxyl groups is 2. The second-order valence-corrected chi connectivity index (χ2v) is 18.3. The predicted molar refractivity (Wildman–Crippen MR) is 226 cm³/mol. The average molecular weight is 835 g/mol. The molecule has 3 saturated heterocycles. The van der Waals surface area contributed by atoms with E-state index < -0.39 is 84.1 Å². The van der Waals surface area contributed by atoms with Crippen molar-refractivity contribution in [3.8, 4) is 0 Å². The zero-order valence-corrected chi connectivity index (χ0v) is 38.2. The van der Waals surface area contributed by atoms with Gasteiger partial charge in [0.2, 0.25) is 0 Å². The second kappa shape index (κ2) is 21.8. The molecular formula is C46H78N2O11. The number of rotatable bonds is 12. The van der Waals surface area contributed by atoms with E-state index in [9.17, 15) is 19.8 Å². The SMILES string of the molecule is CCC1OC(=O)[C@H](C)C(O[C@H]2C[C@@](C)(OC)[C@@H](O)[C@H](C)O2)[C@H](C)[C@@H](O[C@@H]2O[C@H](C)C[C@H](NC)[C@H]2O)[C@@](C)(OC)C[C@@H](C)C(=O)C(C)CN(CCCc2ccccc2)C1C. The quantitative estimate of drug-likeness (QED) is 0.234. The molecule has 4 rings (SSSR count). The van der Waals surface area contributed by atoms with Gasteiger partial charge in [0.05, 0.1) is 41.5 Å². The number of hydrogen-bond donors (Lipinski definition) is 3. The summed E-state index contributed by atoms with van der Waals surface area (Å²) in [5.41, 5.74) is -0.868. The molecule has 3 heterocycles. The van der Waals surface area contributed by atoms with Crippen molar-refractivity contribution in [2.24, 2.45) is 23.7 Å². The summed E-state index contributed by atoms with van der Waals surface area (Å²) in [5.74, 6) is -2.57. The highest BCUT2D eigenvalue weighted by atomic mass is 16.7. The molecular weight excluding hydrogens is 757 g/mol. The van der Waals surface area contributed by atoms with E-state index in [1.807, 2.05) is 66.7 Å². The number of ketones is 1. The lowest BCUT2D eigenvalue weighted by atomic mass is 9.76. The number of aryl methyl sites for hydroxylation is 1. The maximum atomic E-state index is 14.6. The number of likely N-dealkylation sites (N-methyl/N-ethyl adjacent to an activating group) is 1. The Labute approximate surface area is 354 Å². The molecule has 1 aromatic rings. The topological polar surface area (TPSA) is 154 Å². The number of benzene rings is 1. The van der Waals surface area contributed by atoms with Crippen LogP contribution in [-0.2, 0) is 49.2 Å². The Morgan fingerprint density at radius 1 is 0.898 bits per heavy atom. The van der Waals surface area contributed by atoms with Crippen molar-refractivity contribution < 1.29 is 53.0 Å². The first kappa shape index (κ1) is 49.6. The fraction of sp³-hybridized carbons (Fsp3) is 0.826. The first-order chi connectivity index (χ1) is 27.8. The summed E-state index contributed by atoms with van der Waals surface area (Å²) < 4.78 is 45.1. The first-order valence-electron chi connectivity index (χ1n) is 22.1. The molecule has 0 aliphatic carbocycles. The van der Waals surface area contributed by atoms with Gasteiger partial charge >= 0.3 is 5.97 Å². The van der Waals surface area contributed by atoms with Gasteiger partial charge < -0.3 is 48.7 Å². The maximum absolute atomic E-state index is 14.6. The molecule has 0 radical (unpaired) electrons. The Bertz CT molecular complexity index is 1450. The van der Waals surface area contributed by atoms with Crippen LogP contribution < -0.4 is 5.32 Å². The summed E-state index contributed by atoms with van der Waals surface area (Å²) in [6, 6.07) is 9.88. The lowest BCUT2D eigenvalue weighted by Gasteiger charge is -2.49. The van der Waals surface area contributed by atoms with Crippen LogP contribution >= 0.6 is 0 Å². The van der Waals surface area contributed by atoms with Crippen molar-refractivity contribution >= 4 is 11.8 Å². The molecule has 0 saturated carbocycles. The van der Waals surface area contributed by atoms with E-state index in [0.29, 0.717) is 19.4 Å². The summed E-state index contributed by atoms with van der Waals surface area (Å²) in [6.45, 7) is 20.4. The van der Waals surface area contributed by atoms with Gasteiger partial charge in [0.15, 0.2) is 12.6 Å². The monoisotopic (exact) mass is 835 g/mol. The van der Waals surface area contributed by atoms with E-state index in [-0.39, 0.29) is 42.7 Å². The van der Waals surface area contributed by atoms with Crippen LogP contribution in [0.1, 0.15) is 107 Å². The smallest absolute Gasteiger partial charge is 0.311 e. The van der Waals surface area contributed by atoms with E-state index in [0.717, 1.165) is 19.4 Å². The van der Waals surface area contributed by atoms with Crippen LogP contribution in [0, 0.1) is 23.7 Å². The standard InChI is InChI=1S/C46H78N2O11/c1-14-36-32(7)48(22-18-21-34-19-16-15-17-20-34)26-28(3)38(49)27(2)24-46(10,54-13)42(59-44-39(50)35(47-11)23-29(4)55-44)30(5)40(31(6)43(52)57-36)58-37-25-45(9,53-12)41(51)33(8)56-37/h15-17,19-20,27-33,35-37,39-42,44,47,50-51H,14,18,21-26H2,1-13H3/t27-,28?,29-,30+,31-,32?,33+,35+,36?,37+,39-,40?,41+,42-,44+,45-,46+/m1/s1. The van der Waals surface area contributed by atoms with E-state index >= 15 is 0 Å². The van der Waals surface area contributed by atoms with Crippen molar-refractivity contribution in [2.75, 3.05) is 34.4 Å². The number of carbonyl (C=O) groups is 2. The normalized spacial score (nSPS) is 42.5. The number of nitrogens with one attached hydrogen (secondary N) is 1. The number of ether oxygens (including phenoxy) is 7. The Hall–Kier alpha value is -2.04. The van der Waals surface area contributed by atoms with Gasteiger partial charge in [-0.2, -0.15) is 0 Å². The lowest BCUT2D eigenvalue weighted by molar-refractivity contribution is -0.317. The van der Waals surface area contributed by atoms with Crippen LogP contribution in [0.3, 0.4) is 0 Å². The number of aliphatic hydroxyl groups excluding tert-OH is 2. The third-order valence-corrected chi connectivity index (χ3v) is 13.7. The third kappa shape index (κ3) is 12.1. The fourth-order valence-corrected chi connectivity index (χ4v) is 9.75. The zero-order chi connectivity index (χ0) is 43.8. The van der Waals surface area contributed by atoms with Crippen molar-refractivity contribution in [2.45, 2.75) is 186 Å². The predicted octanol–water partition coefficient (Wildman–Crippen LogP) is 5.31. The highest BCUT2D eigenvalue weighted by molar-refractivity contribution is 5.83. The number of nitrogens with zero attached hydrogens (tertiary/aromatic N) is 1. The molecule has 3 fully saturated rings. The number of carbonyl (C=O) groups excluding carboxylic acids is 2. The number of esters is 1. The Kier molecular flexibility index (Phi) is 18.4. The number of methoxy groups -OCH3 is 2. The van der Waals surface area contributed by atoms with Gasteiger partial charge in [-0.15, -0.1) is 0 Å². The lowest BCUT2D eigenvalue weighted by Crippen LogP contribution is -2.60. The van der Waals surface area contributed by atoms with Gasteiger partial charge in [0, 0.05) is 57.0 Å². The number of hydrogen-bond acceptors (Lipinski definition) is 13. The number of Topliss-reactive ketones (excluding diaryl/α,β-unsaturated/α-hetero) is 1. The fourth-order valence-electron chi connectivity index (χ4n) is 9.75. The van der Waals surface area contributed by atoms with Crippen molar-refractivity contribution in [1.29, 1.82) is 0 Å². The highest BCUT2D eigenvalue weighted by Gasteiger charge is 2.52. The molecule has 13 nitrogen and oxygen atoms in total. The molecule has 17 atom stereocenters. The molecule has 1 aromatic carbocycles. The highest BCUT2D eigenvalue weighted by Crippen LogP contribution is 2.41. The number of cyclic esters (lactones) is 1. The minimum absolute atomic E-state index is 0.0980. The average Bonchev–Trinajstić information content (AvgIpc) is 3.22. The molecule has 3 aliphatic heterocycles. The van der Waals surface area contributed by atoms with Crippen LogP contribution in [0.4, 0.5) is 0 Å². The van der Waals surface area contributed by atoms with Gasteiger partial charge in [0.25, 0.3) is 0 Å². The minimum Gasteiger partial charge on any atom is -0.460 e. The van der Waals surface area contributed by atoms with Gasteiger partial charge in [0.1, 0.15) is 24.1 Å². The van der Waals surface area contributed by atoms with Crippen LogP contribution in [0.15, 0.2) is 30.3 Å². The summed E-state index contributed by atoms with van der Waals surface area (Å²) in [5, 5.41) is 25.8. The van der Waals surface area contributed by atoms with Crippen LogP contribution in [0.5, 0.6) is 0 Å². The summed E-state index contributed by atoms with van der Waals surface area (Å²) in [6.07, 6.45) is -3.57. The second-order valence-electron chi connectivity index (χ2n) is 18.3. The Morgan fingerprint density at radius 3 is 2.17 bits per heavy atom. The van der Waals surface area contributed by atoms with Crippen LogP contribution in [0.2, 0.25) is 0 Å². The molecule has 0 amide bonds.